The molecule has 13 aromatic rings. The molecule has 1 heterocycles. The van der Waals surface area contributed by atoms with Crippen LogP contribution < -0.4 is 4.90 Å². The van der Waals surface area contributed by atoms with E-state index in [4.69, 9.17) is 0 Å². The van der Waals surface area contributed by atoms with Crippen molar-refractivity contribution in [2.24, 2.45) is 0 Å². The predicted octanol–water partition coefficient (Wildman–Crippen LogP) is 17.9. The normalized spacial score (nSPS) is 11.6. The van der Waals surface area contributed by atoms with Gasteiger partial charge in [-0.1, -0.05) is 182 Å². The lowest BCUT2D eigenvalue weighted by molar-refractivity contribution is 1.18. The van der Waals surface area contributed by atoms with E-state index in [1.54, 1.807) is 0 Å². The molecule has 0 bridgehead atoms. The van der Waals surface area contributed by atoms with Crippen LogP contribution in [0.5, 0.6) is 0 Å². The SMILES string of the molecule is c1ccc(-n2c3ccccc3c3c(-c4cccc(N(c5ccc(-c6ccc7ccccc7c6)cc5)c5ccc(-c6cc7ccccc7c7ccccc67)cc5)c4)c4ccccc4cc32)cc1. The second-order valence-electron chi connectivity index (χ2n) is 17.3. The molecule has 0 unspecified atom stereocenters. The third-order valence-corrected chi connectivity index (χ3v) is 13.5. The number of rotatable bonds is 7. The number of fused-ring (bicyclic) bond motifs is 8. The molecule has 1 aromatic heterocycles. The maximum absolute atomic E-state index is 2.42. The molecular weight excluding hydrogens is 797 g/mol. The molecule has 0 aliphatic carbocycles. The first-order valence-electron chi connectivity index (χ1n) is 22.7. The van der Waals surface area contributed by atoms with Gasteiger partial charge < -0.3 is 9.47 Å². The van der Waals surface area contributed by atoms with Crippen LogP contribution in [0.4, 0.5) is 17.1 Å². The lowest BCUT2D eigenvalue weighted by Crippen LogP contribution is -2.10. The van der Waals surface area contributed by atoms with Crippen molar-refractivity contribution in [1.29, 1.82) is 0 Å². The summed E-state index contributed by atoms with van der Waals surface area (Å²) in [7, 11) is 0. The van der Waals surface area contributed by atoms with Gasteiger partial charge in [0.05, 0.1) is 11.0 Å². The van der Waals surface area contributed by atoms with Crippen molar-refractivity contribution in [3.8, 4) is 39.1 Å². The van der Waals surface area contributed by atoms with Gasteiger partial charge in [0.25, 0.3) is 0 Å². The number of hydrogen-bond donors (Lipinski definition) is 0. The Kier molecular flexibility index (Phi) is 8.89. The summed E-state index contributed by atoms with van der Waals surface area (Å²) in [4.78, 5) is 2.41. The fraction of sp³-hybridized carbons (Fsp3) is 0. The van der Waals surface area contributed by atoms with E-state index in [1.807, 2.05) is 0 Å². The largest absolute Gasteiger partial charge is 0.310 e. The van der Waals surface area contributed by atoms with Crippen LogP contribution >= 0.6 is 0 Å². The van der Waals surface area contributed by atoms with Crippen LogP contribution in [0.1, 0.15) is 0 Å². The highest BCUT2D eigenvalue weighted by molar-refractivity contribution is 6.23. The molecule has 0 N–H and O–H groups in total. The third-order valence-electron chi connectivity index (χ3n) is 13.5. The van der Waals surface area contributed by atoms with Crippen molar-refractivity contribution < 1.29 is 0 Å². The van der Waals surface area contributed by atoms with Gasteiger partial charge in [-0.2, -0.15) is 0 Å². The van der Waals surface area contributed by atoms with Gasteiger partial charge in [-0.3, -0.25) is 0 Å². The van der Waals surface area contributed by atoms with Gasteiger partial charge in [0, 0.05) is 33.5 Å². The second kappa shape index (κ2) is 15.5. The summed E-state index contributed by atoms with van der Waals surface area (Å²) in [6.45, 7) is 0. The highest BCUT2D eigenvalue weighted by atomic mass is 15.1. The number of para-hydroxylation sites is 2. The zero-order valence-corrected chi connectivity index (χ0v) is 36.1. The van der Waals surface area contributed by atoms with Gasteiger partial charge in [-0.15, -0.1) is 0 Å². The molecular formula is C64H42N2. The zero-order valence-electron chi connectivity index (χ0n) is 36.1. The first kappa shape index (κ1) is 37.8. The number of nitrogens with zero attached hydrogens (tertiary/aromatic N) is 2. The molecule has 0 saturated carbocycles. The van der Waals surface area contributed by atoms with Crippen LogP contribution in [0, 0.1) is 0 Å². The molecule has 0 amide bonds. The van der Waals surface area contributed by atoms with Crippen LogP contribution in [-0.4, -0.2) is 4.57 Å². The van der Waals surface area contributed by atoms with E-state index in [-0.39, 0.29) is 0 Å². The van der Waals surface area contributed by atoms with E-state index >= 15 is 0 Å². The lowest BCUT2D eigenvalue weighted by Gasteiger charge is -2.27. The summed E-state index contributed by atoms with van der Waals surface area (Å²) in [5, 5.41) is 12.5. The van der Waals surface area contributed by atoms with Crippen molar-refractivity contribution >= 4 is 82.0 Å². The van der Waals surface area contributed by atoms with Gasteiger partial charge in [-0.25, -0.2) is 0 Å². The summed E-state index contributed by atoms with van der Waals surface area (Å²) >= 11 is 0. The molecule has 0 spiro atoms. The Morgan fingerprint density at radius 2 is 0.848 bits per heavy atom. The molecule has 0 atom stereocenters. The van der Waals surface area contributed by atoms with Gasteiger partial charge >= 0.3 is 0 Å². The molecule has 13 rings (SSSR count). The molecule has 0 aliphatic heterocycles. The van der Waals surface area contributed by atoms with Crippen molar-refractivity contribution in [1.82, 2.24) is 4.57 Å². The van der Waals surface area contributed by atoms with Gasteiger partial charge in [-0.05, 0) is 149 Å². The van der Waals surface area contributed by atoms with Gasteiger partial charge in [0.15, 0.2) is 0 Å². The highest BCUT2D eigenvalue weighted by Crippen LogP contribution is 2.46. The summed E-state index contributed by atoms with van der Waals surface area (Å²) in [6.07, 6.45) is 0. The van der Waals surface area contributed by atoms with E-state index < -0.39 is 0 Å². The monoisotopic (exact) mass is 838 g/mol. The second-order valence-corrected chi connectivity index (χ2v) is 17.3. The van der Waals surface area contributed by atoms with Crippen molar-refractivity contribution in [3.05, 3.63) is 255 Å². The third kappa shape index (κ3) is 6.26. The van der Waals surface area contributed by atoms with Crippen LogP contribution in [0.15, 0.2) is 255 Å². The maximum Gasteiger partial charge on any atom is 0.0553 e. The van der Waals surface area contributed by atoms with Gasteiger partial charge in [0.2, 0.25) is 0 Å². The number of aromatic nitrogens is 1. The number of hydrogen-bond acceptors (Lipinski definition) is 1. The minimum atomic E-state index is 1.09. The van der Waals surface area contributed by atoms with E-state index in [1.165, 1.54) is 98.3 Å². The summed E-state index contributed by atoms with van der Waals surface area (Å²) in [5.41, 5.74) is 14.0. The Hall–Kier alpha value is -8.72. The maximum atomic E-state index is 2.42. The summed E-state index contributed by atoms with van der Waals surface area (Å²) < 4.78 is 2.42. The Labute approximate surface area is 383 Å². The minimum absolute atomic E-state index is 1.09. The topological polar surface area (TPSA) is 8.17 Å². The lowest BCUT2D eigenvalue weighted by atomic mass is 9.92. The van der Waals surface area contributed by atoms with Gasteiger partial charge in [0.1, 0.15) is 0 Å². The predicted molar refractivity (Wildman–Crippen MR) is 282 cm³/mol. The Bertz CT molecular complexity index is 3970. The van der Waals surface area contributed by atoms with E-state index in [9.17, 15) is 0 Å². The molecule has 0 saturated heterocycles. The first-order valence-corrected chi connectivity index (χ1v) is 22.7. The summed E-state index contributed by atoms with van der Waals surface area (Å²) in [5.74, 6) is 0. The Morgan fingerprint density at radius 3 is 1.61 bits per heavy atom. The van der Waals surface area contributed by atoms with Crippen molar-refractivity contribution in [2.45, 2.75) is 0 Å². The standard InChI is InChI=1S/C64H42N2/c1-2-20-51(21-3-1)66-61-28-13-12-27-59(61)64-62(66)42-49-18-7-9-24-56(49)63(64)50-19-14-22-54(40-50)65(52-35-31-44(32-36-52)47-30-29-43-15-4-5-16-46(43)39-47)53-37-33-45(34-38-53)60-41-48-17-6-8-23-55(48)57-25-10-11-26-58(57)60/h1-42H. The van der Waals surface area contributed by atoms with E-state index in [0.29, 0.717) is 0 Å². The molecule has 308 valence electrons. The Balaban J connectivity index is 0.996. The molecule has 0 radical (unpaired) electrons. The minimum Gasteiger partial charge on any atom is -0.310 e. The van der Waals surface area contributed by atoms with Crippen LogP contribution in [0.3, 0.4) is 0 Å². The molecule has 0 aliphatic rings. The highest BCUT2D eigenvalue weighted by Gasteiger charge is 2.21. The molecule has 2 heteroatoms. The van der Waals surface area contributed by atoms with Crippen LogP contribution in [0.2, 0.25) is 0 Å². The molecule has 0 fully saturated rings. The zero-order chi connectivity index (χ0) is 43.6. The average molecular weight is 839 g/mol. The van der Waals surface area contributed by atoms with Crippen molar-refractivity contribution in [2.75, 3.05) is 4.90 Å². The van der Waals surface area contributed by atoms with E-state index in [2.05, 4.69) is 264 Å². The first-order chi connectivity index (χ1) is 32.7. The fourth-order valence-electron chi connectivity index (χ4n) is 10.4. The summed E-state index contributed by atoms with van der Waals surface area (Å²) in [6, 6.07) is 93.3. The number of benzene rings is 12. The van der Waals surface area contributed by atoms with Crippen molar-refractivity contribution in [3.63, 3.8) is 0 Å². The van der Waals surface area contributed by atoms with Crippen LogP contribution in [-0.2, 0) is 0 Å². The molecule has 2 nitrogen and oxygen atoms in total. The average Bonchev–Trinajstić information content (AvgIpc) is 3.72. The quantitative estimate of drug-likeness (QED) is 0.145. The van der Waals surface area contributed by atoms with E-state index in [0.717, 1.165) is 22.7 Å². The van der Waals surface area contributed by atoms with Crippen LogP contribution in [0.25, 0.3) is 104 Å². The Morgan fingerprint density at radius 1 is 0.273 bits per heavy atom. The fourth-order valence-corrected chi connectivity index (χ4v) is 10.4. The molecule has 66 heavy (non-hydrogen) atoms. The molecule has 12 aromatic carbocycles. The number of anilines is 3. The smallest absolute Gasteiger partial charge is 0.0553 e.